The summed E-state index contributed by atoms with van der Waals surface area (Å²) in [6.07, 6.45) is 0. The van der Waals surface area contributed by atoms with E-state index in [4.69, 9.17) is 11.6 Å². The normalized spacial score (nSPS) is 11.8. The Morgan fingerprint density at radius 2 is 2.05 bits per heavy atom. The van der Waals surface area contributed by atoms with Gasteiger partial charge in [0, 0.05) is 16.8 Å². The number of hydrogen-bond donors (Lipinski definition) is 2. The van der Waals surface area contributed by atoms with Crippen LogP contribution < -0.4 is 4.72 Å². The fraction of sp³-hybridized carbons (Fsp3) is 0.250. The lowest BCUT2D eigenvalue weighted by Gasteiger charge is -2.05. The molecule has 0 aliphatic heterocycles. The molecule has 0 saturated heterocycles. The summed E-state index contributed by atoms with van der Waals surface area (Å²) in [6, 6.07) is 7.74. The molecular formula is C12H14ClN3O2S. The van der Waals surface area contributed by atoms with Crippen LogP contribution in [-0.2, 0) is 10.0 Å². The summed E-state index contributed by atoms with van der Waals surface area (Å²) < 4.78 is 26.6. The van der Waals surface area contributed by atoms with Crippen LogP contribution in [0.4, 0.5) is 5.82 Å². The molecule has 1 heterocycles. The van der Waals surface area contributed by atoms with E-state index >= 15 is 0 Å². The smallest absolute Gasteiger partial charge is 0.263 e. The van der Waals surface area contributed by atoms with Gasteiger partial charge in [0.2, 0.25) is 0 Å². The number of benzene rings is 1. The van der Waals surface area contributed by atoms with E-state index in [0.29, 0.717) is 5.02 Å². The standard InChI is InChI=1S/C12H14ClN3O2S/c1-8(2)11-7-12(15-14-11)16-19(17,18)10-5-3-4-9(13)6-10/h3-8H,1-2H3,(H2,14,15,16). The Kier molecular flexibility index (Phi) is 3.82. The average molecular weight is 300 g/mol. The van der Waals surface area contributed by atoms with Gasteiger partial charge >= 0.3 is 0 Å². The van der Waals surface area contributed by atoms with Crippen molar-refractivity contribution >= 4 is 27.4 Å². The summed E-state index contributed by atoms with van der Waals surface area (Å²) >= 11 is 5.79. The monoisotopic (exact) mass is 299 g/mol. The van der Waals surface area contributed by atoms with Crippen molar-refractivity contribution in [2.24, 2.45) is 0 Å². The number of sulfonamides is 1. The van der Waals surface area contributed by atoms with Gasteiger partial charge in [-0.25, -0.2) is 8.42 Å². The summed E-state index contributed by atoms with van der Waals surface area (Å²) in [5.41, 5.74) is 0.865. The van der Waals surface area contributed by atoms with Crippen LogP contribution >= 0.6 is 11.6 Å². The molecule has 0 atom stereocenters. The van der Waals surface area contributed by atoms with Gasteiger partial charge in [0.1, 0.15) is 0 Å². The molecule has 2 aromatic rings. The minimum absolute atomic E-state index is 0.106. The maximum absolute atomic E-state index is 12.1. The van der Waals surface area contributed by atoms with Gasteiger partial charge in [0.25, 0.3) is 10.0 Å². The summed E-state index contributed by atoms with van der Waals surface area (Å²) in [6.45, 7) is 3.98. The molecule has 5 nitrogen and oxygen atoms in total. The highest BCUT2D eigenvalue weighted by atomic mass is 35.5. The second kappa shape index (κ2) is 5.22. The predicted octanol–water partition coefficient (Wildman–Crippen LogP) is 2.99. The summed E-state index contributed by atoms with van der Waals surface area (Å²) in [7, 11) is -3.67. The number of halogens is 1. The largest absolute Gasteiger partial charge is 0.280 e. The Balaban J connectivity index is 2.26. The third kappa shape index (κ3) is 3.27. The van der Waals surface area contributed by atoms with Gasteiger partial charge in [-0.2, -0.15) is 5.10 Å². The Labute approximate surface area is 117 Å². The highest BCUT2D eigenvalue weighted by Gasteiger charge is 2.16. The molecule has 2 rings (SSSR count). The van der Waals surface area contributed by atoms with E-state index in [9.17, 15) is 8.42 Å². The zero-order valence-electron chi connectivity index (χ0n) is 10.5. The number of aromatic amines is 1. The van der Waals surface area contributed by atoms with E-state index in [1.54, 1.807) is 18.2 Å². The van der Waals surface area contributed by atoms with Gasteiger partial charge in [-0.05, 0) is 24.1 Å². The van der Waals surface area contributed by atoms with Crippen molar-refractivity contribution in [2.75, 3.05) is 4.72 Å². The summed E-state index contributed by atoms with van der Waals surface area (Å²) in [5, 5.41) is 7.08. The summed E-state index contributed by atoms with van der Waals surface area (Å²) in [4.78, 5) is 0.106. The van der Waals surface area contributed by atoms with Crippen molar-refractivity contribution in [1.29, 1.82) is 0 Å². The van der Waals surface area contributed by atoms with Gasteiger partial charge < -0.3 is 0 Å². The lowest BCUT2D eigenvalue weighted by molar-refractivity contribution is 0.601. The van der Waals surface area contributed by atoms with Crippen molar-refractivity contribution < 1.29 is 8.42 Å². The second-order valence-corrected chi connectivity index (χ2v) is 6.54. The molecule has 0 fully saturated rings. The van der Waals surface area contributed by atoms with Crippen molar-refractivity contribution in [3.05, 3.63) is 41.0 Å². The molecule has 0 amide bonds. The van der Waals surface area contributed by atoms with Crippen molar-refractivity contribution in [3.63, 3.8) is 0 Å². The number of hydrogen-bond acceptors (Lipinski definition) is 3. The maximum atomic E-state index is 12.1. The van der Waals surface area contributed by atoms with Gasteiger partial charge in [0.05, 0.1) is 4.90 Å². The van der Waals surface area contributed by atoms with E-state index in [1.165, 1.54) is 12.1 Å². The van der Waals surface area contributed by atoms with Crippen LogP contribution in [-0.4, -0.2) is 18.6 Å². The third-order valence-corrected chi connectivity index (χ3v) is 4.15. The van der Waals surface area contributed by atoms with Gasteiger partial charge in [-0.1, -0.05) is 31.5 Å². The number of nitrogens with one attached hydrogen (secondary N) is 2. The highest BCUT2D eigenvalue weighted by Crippen LogP contribution is 2.20. The Bertz CT molecular complexity index is 680. The van der Waals surface area contributed by atoms with Gasteiger partial charge in [-0.15, -0.1) is 0 Å². The first kappa shape index (κ1) is 13.9. The fourth-order valence-electron chi connectivity index (χ4n) is 1.52. The number of rotatable bonds is 4. The third-order valence-electron chi connectivity index (χ3n) is 2.56. The molecule has 0 spiro atoms. The van der Waals surface area contributed by atoms with Crippen molar-refractivity contribution in [2.45, 2.75) is 24.7 Å². The first-order valence-corrected chi connectivity index (χ1v) is 7.58. The molecule has 1 aromatic heterocycles. The minimum Gasteiger partial charge on any atom is -0.280 e. The lowest BCUT2D eigenvalue weighted by atomic mass is 10.1. The van der Waals surface area contributed by atoms with E-state index < -0.39 is 10.0 Å². The number of aromatic nitrogens is 2. The van der Waals surface area contributed by atoms with Crippen LogP contribution in [0.3, 0.4) is 0 Å². The molecule has 0 aliphatic carbocycles. The van der Waals surface area contributed by atoms with E-state index in [-0.39, 0.29) is 16.6 Å². The maximum Gasteiger partial charge on any atom is 0.263 e. The first-order valence-electron chi connectivity index (χ1n) is 5.72. The van der Waals surface area contributed by atoms with Crippen LogP contribution in [0.5, 0.6) is 0 Å². The molecule has 2 N–H and O–H groups in total. The van der Waals surface area contributed by atoms with E-state index in [0.717, 1.165) is 5.69 Å². The molecule has 0 bridgehead atoms. The molecule has 0 saturated carbocycles. The zero-order chi connectivity index (χ0) is 14.0. The topological polar surface area (TPSA) is 74.8 Å². The fourth-order valence-corrected chi connectivity index (χ4v) is 2.81. The Hall–Kier alpha value is -1.53. The molecule has 0 radical (unpaired) electrons. The quantitative estimate of drug-likeness (QED) is 0.911. The van der Waals surface area contributed by atoms with E-state index in [1.807, 2.05) is 13.8 Å². The van der Waals surface area contributed by atoms with Gasteiger partial charge in [0.15, 0.2) is 5.82 Å². The molecule has 1 aromatic carbocycles. The van der Waals surface area contributed by atoms with Crippen LogP contribution in [0.15, 0.2) is 35.2 Å². The number of anilines is 1. The molecule has 19 heavy (non-hydrogen) atoms. The molecule has 102 valence electrons. The van der Waals surface area contributed by atoms with Crippen molar-refractivity contribution in [3.8, 4) is 0 Å². The minimum atomic E-state index is -3.67. The molecule has 0 aliphatic rings. The predicted molar refractivity (Wildman–Crippen MR) is 74.9 cm³/mol. The zero-order valence-corrected chi connectivity index (χ0v) is 12.1. The molecular weight excluding hydrogens is 286 g/mol. The SMILES string of the molecule is CC(C)c1cc(NS(=O)(=O)c2cccc(Cl)c2)n[nH]1. The van der Waals surface area contributed by atoms with Crippen molar-refractivity contribution in [1.82, 2.24) is 10.2 Å². The highest BCUT2D eigenvalue weighted by molar-refractivity contribution is 7.92. The number of H-pyrrole nitrogens is 1. The Morgan fingerprint density at radius 3 is 2.63 bits per heavy atom. The average Bonchev–Trinajstić information content (AvgIpc) is 2.77. The Morgan fingerprint density at radius 1 is 1.32 bits per heavy atom. The second-order valence-electron chi connectivity index (χ2n) is 4.43. The number of nitrogens with zero attached hydrogens (tertiary/aromatic N) is 1. The van der Waals surface area contributed by atoms with Crippen LogP contribution in [0.1, 0.15) is 25.5 Å². The summed E-state index contributed by atoms with van der Waals surface area (Å²) in [5.74, 6) is 0.514. The molecule has 0 unspecified atom stereocenters. The van der Waals surface area contributed by atoms with Crippen LogP contribution in [0, 0.1) is 0 Å². The molecule has 7 heteroatoms. The first-order chi connectivity index (χ1) is 8.88. The van der Waals surface area contributed by atoms with Gasteiger partial charge in [-0.3, -0.25) is 9.82 Å². The van der Waals surface area contributed by atoms with Crippen LogP contribution in [0.25, 0.3) is 0 Å². The van der Waals surface area contributed by atoms with E-state index in [2.05, 4.69) is 14.9 Å². The van der Waals surface area contributed by atoms with Crippen LogP contribution in [0.2, 0.25) is 5.02 Å². The lowest BCUT2D eigenvalue weighted by Crippen LogP contribution is -2.13.